The van der Waals surface area contributed by atoms with Crippen LogP contribution in [0.3, 0.4) is 0 Å². The number of carbonyl (C=O) groups excluding carboxylic acids is 1. The highest BCUT2D eigenvalue weighted by Gasteiger charge is 2.22. The normalized spacial score (nSPS) is 10.4. The van der Waals surface area contributed by atoms with E-state index in [0.29, 0.717) is 16.9 Å². The second-order valence-corrected chi connectivity index (χ2v) is 6.57. The summed E-state index contributed by atoms with van der Waals surface area (Å²) in [5.41, 5.74) is 1.26. The quantitative estimate of drug-likeness (QED) is 0.470. The van der Waals surface area contributed by atoms with Gasteiger partial charge in [0.15, 0.2) is 6.61 Å². The number of aromatic nitrogens is 1. The number of nitro benzene ring substituents is 1. The molecule has 0 fully saturated rings. The number of hydrogen-bond acceptors (Lipinski definition) is 5. The van der Waals surface area contributed by atoms with Gasteiger partial charge in [-0.25, -0.2) is 8.78 Å². The van der Waals surface area contributed by atoms with Gasteiger partial charge in [0.1, 0.15) is 23.5 Å². The Bertz CT molecular complexity index is 1230. The fourth-order valence-electron chi connectivity index (χ4n) is 3.06. The lowest BCUT2D eigenvalue weighted by molar-refractivity contribution is -0.385. The minimum atomic E-state index is -0.765. The molecule has 10 heteroatoms. The molecule has 1 heterocycles. The van der Waals surface area contributed by atoms with Crippen LogP contribution < -0.4 is 10.1 Å². The number of hydrogen-bond donors (Lipinski definition) is 1. The van der Waals surface area contributed by atoms with Crippen molar-refractivity contribution in [3.05, 3.63) is 81.0 Å². The van der Waals surface area contributed by atoms with E-state index < -0.39 is 40.5 Å². The summed E-state index contributed by atoms with van der Waals surface area (Å²) in [6.07, 6.45) is 0. The molecular formula is C21H16F2N4O4. The van der Waals surface area contributed by atoms with Crippen LogP contribution in [-0.2, 0) is 4.79 Å². The highest BCUT2D eigenvalue weighted by atomic mass is 19.1. The monoisotopic (exact) mass is 426 g/mol. The molecule has 0 aliphatic rings. The van der Waals surface area contributed by atoms with Crippen LogP contribution >= 0.6 is 0 Å². The van der Waals surface area contributed by atoms with Gasteiger partial charge in [0.05, 0.1) is 16.2 Å². The van der Waals surface area contributed by atoms with Gasteiger partial charge in [-0.2, -0.15) is 5.26 Å². The van der Waals surface area contributed by atoms with E-state index in [-0.39, 0.29) is 11.4 Å². The van der Waals surface area contributed by atoms with Crippen molar-refractivity contribution >= 4 is 17.4 Å². The summed E-state index contributed by atoms with van der Waals surface area (Å²) >= 11 is 0. The van der Waals surface area contributed by atoms with Crippen molar-refractivity contribution in [1.82, 2.24) is 4.57 Å². The van der Waals surface area contributed by atoms with E-state index in [2.05, 4.69) is 5.32 Å². The fourth-order valence-corrected chi connectivity index (χ4v) is 3.06. The summed E-state index contributed by atoms with van der Waals surface area (Å²) in [5.74, 6) is -2.32. The molecule has 0 spiro atoms. The van der Waals surface area contributed by atoms with E-state index in [0.717, 1.165) is 18.2 Å². The van der Waals surface area contributed by atoms with E-state index >= 15 is 0 Å². The van der Waals surface area contributed by atoms with E-state index in [1.165, 1.54) is 22.8 Å². The maximum Gasteiger partial charge on any atom is 0.311 e. The van der Waals surface area contributed by atoms with Crippen molar-refractivity contribution in [2.45, 2.75) is 13.8 Å². The summed E-state index contributed by atoms with van der Waals surface area (Å²) in [5, 5.41) is 23.1. The number of amides is 1. The number of nitrogens with zero attached hydrogens (tertiary/aromatic N) is 3. The maximum atomic E-state index is 13.7. The molecule has 0 aliphatic heterocycles. The van der Waals surface area contributed by atoms with Crippen LogP contribution in [0.15, 0.2) is 42.5 Å². The molecule has 0 aliphatic carbocycles. The van der Waals surface area contributed by atoms with Gasteiger partial charge in [-0.05, 0) is 43.7 Å². The average Bonchev–Trinajstić information content (AvgIpc) is 2.95. The lowest BCUT2D eigenvalue weighted by Gasteiger charge is -2.14. The second-order valence-electron chi connectivity index (χ2n) is 6.57. The van der Waals surface area contributed by atoms with Gasteiger partial charge in [-0.1, -0.05) is 6.07 Å². The zero-order valence-electron chi connectivity index (χ0n) is 16.5. The smallest absolute Gasteiger partial charge is 0.311 e. The zero-order valence-corrected chi connectivity index (χ0v) is 16.5. The van der Waals surface area contributed by atoms with Crippen molar-refractivity contribution in [2.75, 3.05) is 11.9 Å². The van der Waals surface area contributed by atoms with Gasteiger partial charge in [0.2, 0.25) is 5.75 Å². The molecule has 0 radical (unpaired) electrons. The Morgan fingerprint density at radius 2 is 1.94 bits per heavy atom. The van der Waals surface area contributed by atoms with Gasteiger partial charge >= 0.3 is 5.69 Å². The topological polar surface area (TPSA) is 110 Å². The Morgan fingerprint density at radius 1 is 1.23 bits per heavy atom. The van der Waals surface area contributed by atoms with E-state index in [4.69, 9.17) is 4.74 Å². The Morgan fingerprint density at radius 3 is 2.58 bits per heavy atom. The van der Waals surface area contributed by atoms with Crippen LogP contribution in [0.4, 0.5) is 20.3 Å². The first kappa shape index (κ1) is 21.4. The molecule has 1 aromatic heterocycles. The van der Waals surface area contributed by atoms with Crippen molar-refractivity contribution < 1.29 is 23.2 Å². The lowest BCUT2D eigenvalue weighted by atomic mass is 10.2. The molecule has 3 aromatic rings. The number of anilines is 1. The first-order valence-corrected chi connectivity index (χ1v) is 8.97. The van der Waals surface area contributed by atoms with Gasteiger partial charge in [0.25, 0.3) is 5.91 Å². The Labute approximate surface area is 175 Å². The lowest BCUT2D eigenvalue weighted by Crippen LogP contribution is -2.22. The van der Waals surface area contributed by atoms with Crippen LogP contribution in [0.2, 0.25) is 0 Å². The summed E-state index contributed by atoms with van der Waals surface area (Å²) in [4.78, 5) is 22.8. The minimum Gasteiger partial charge on any atom is -0.477 e. The predicted octanol–water partition coefficient (Wildman–Crippen LogP) is 4.17. The highest BCUT2D eigenvalue weighted by molar-refractivity contribution is 5.93. The summed E-state index contributed by atoms with van der Waals surface area (Å²) in [6.45, 7) is 2.72. The molecule has 0 saturated carbocycles. The number of ether oxygens (including phenoxy) is 1. The van der Waals surface area contributed by atoms with Crippen LogP contribution in [0.25, 0.3) is 5.69 Å². The average molecular weight is 426 g/mol. The molecule has 1 amide bonds. The standard InChI is InChI=1S/C21H16F2N4O4/c1-12-13(2)26(16-5-3-4-14(22)8-16)21(17(12)10-24)25-20(28)11-31-19-9-15(23)6-7-18(19)27(29)30/h3-9H,11H2,1-2H3,(H,25,28). The number of nitro groups is 1. The molecule has 8 nitrogen and oxygen atoms in total. The second kappa shape index (κ2) is 8.62. The van der Waals surface area contributed by atoms with Crippen molar-refractivity contribution in [3.8, 4) is 17.5 Å². The van der Waals surface area contributed by atoms with Gasteiger partial charge in [-0.15, -0.1) is 0 Å². The van der Waals surface area contributed by atoms with Gasteiger partial charge in [-0.3, -0.25) is 19.5 Å². The first-order valence-electron chi connectivity index (χ1n) is 8.97. The Hall–Kier alpha value is -4.26. The fraction of sp³-hybridized carbons (Fsp3) is 0.143. The van der Waals surface area contributed by atoms with E-state index in [9.17, 15) is 29.0 Å². The Kier molecular flexibility index (Phi) is 5.97. The van der Waals surface area contributed by atoms with Crippen LogP contribution in [0, 0.1) is 46.9 Å². The molecule has 0 saturated heterocycles. The third kappa shape index (κ3) is 4.35. The summed E-state index contributed by atoms with van der Waals surface area (Å²) in [7, 11) is 0. The van der Waals surface area contributed by atoms with E-state index in [1.807, 2.05) is 6.07 Å². The molecule has 0 unspecified atom stereocenters. The van der Waals surface area contributed by atoms with Crippen LogP contribution in [-0.4, -0.2) is 22.0 Å². The summed E-state index contributed by atoms with van der Waals surface area (Å²) < 4.78 is 33.8. The highest BCUT2D eigenvalue weighted by Crippen LogP contribution is 2.31. The molecule has 3 rings (SSSR count). The number of rotatable bonds is 6. The molecule has 1 N–H and O–H groups in total. The van der Waals surface area contributed by atoms with Crippen molar-refractivity contribution in [2.24, 2.45) is 0 Å². The van der Waals surface area contributed by atoms with Crippen LogP contribution in [0.5, 0.6) is 5.75 Å². The molecular weight excluding hydrogens is 410 g/mol. The number of carbonyl (C=O) groups is 1. The van der Waals surface area contributed by atoms with Gasteiger partial charge < -0.3 is 10.1 Å². The van der Waals surface area contributed by atoms with E-state index in [1.54, 1.807) is 19.9 Å². The third-order valence-electron chi connectivity index (χ3n) is 4.63. The number of benzene rings is 2. The zero-order chi connectivity index (χ0) is 22.7. The molecule has 158 valence electrons. The SMILES string of the molecule is Cc1c(C#N)c(NC(=O)COc2cc(F)ccc2[N+](=O)[O-])n(-c2cccc(F)c2)c1C. The maximum absolute atomic E-state index is 13.7. The molecule has 31 heavy (non-hydrogen) atoms. The van der Waals surface area contributed by atoms with Crippen LogP contribution in [0.1, 0.15) is 16.8 Å². The summed E-state index contributed by atoms with van der Waals surface area (Å²) in [6, 6.07) is 10.3. The number of halogens is 2. The van der Waals surface area contributed by atoms with Crippen molar-refractivity contribution in [3.63, 3.8) is 0 Å². The van der Waals surface area contributed by atoms with Crippen molar-refractivity contribution in [1.29, 1.82) is 5.26 Å². The molecule has 2 aromatic carbocycles. The Balaban J connectivity index is 1.90. The molecule has 0 bridgehead atoms. The van der Waals surface area contributed by atoms with Gasteiger partial charge in [0, 0.05) is 17.8 Å². The first-order chi connectivity index (χ1) is 14.7. The third-order valence-corrected chi connectivity index (χ3v) is 4.63. The number of nitriles is 1. The molecule has 0 atom stereocenters. The largest absolute Gasteiger partial charge is 0.477 e. The minimum absolute atomic E-state index is 0.102. The predicted molar refractivity (Wildman–Crippen MR) is 107 cm³/mol. The number of nitrogens with one attached hydrogen (secondary N) is 1.